The summed E-state index contributed by atoms with van der Waals surface area (Å²) in [6, 6.07) is 11.0. The smallest absolute Gasteiger partial charge is 0.455 e. The van der Waals surface area contributed by atoms with Crippen LogP contribution in [0.3, 0.4) is 0 Å². The summed E-state index contributed by atoms with van der Waals surface area (Å²) in [4.78, 5) is 97.9. The van der Waals surface area contributed by atoms with E-state index in [1.807, 2.05) is 0 Å². The Bertz CT molecular complexity index is 2980. The molecule has 0 aliphatic carbocycles. The molecule has 12 N–H and O–H groups in total. The number of phosphoric ester groups is 2. The van der Waals surface area contributed by atoms with Gasteiger partial charge in [-0.2, -0.15) is 4.98 Å². The van der Waals surface area contributed by atoms with Crippen LogP contribution in [0.5, 0.6) is 0 Å². The number of fused-ring (bicyclic) bond motifs is 1. The summed E-state index contributed by atoms with van der Waals surface area (Å²) >= 11 is 0. The number of imidazole rings is 1. The van der Waals surface area contributed by atoms with Gasteiger partial charge in [-0.3, -0.25) is 27.5 Å². The second-order valence-corrected chi connectivity index (χ2v) is 20.1. The highest BCUT2D eigenvalue weighted by molar-refractivity contribution is 7.47. The molecule has 2 amide bonds. The van der Waals surface area contributed by atoms with Crippen molar-refractivity contribution in [2.24, 2.45) is 0 Å². The van der Waals surface area contributed by atoms with Gasteiger partial charge >= 0.3 is 33.4 Å². The average Bonchev–Trinajstić information content (AvgIpc) is 4.00. The molecule has 30 nitrogen and oxygen atoms in total. The van der Waals surface area contributed by atoms with Gasteiger partial charge in [0.2, 0.25) is 5.91 Å². The molecule has 0 spiro atoms. The Kier molecular flexibility index (Phi) is 17.8. The van der Waals surface area contributed by atoms with Gasteiger partial charge in [0.25, 0.3) is 0 Å². The van der Waals surface area contributed by atoms with E-state index >= 15 is 0 Å². The summed E-state index contributed by atoms with van der Waals surface area (Å²) in [6.45, 7) is -0.713. The first-order valence-electron chi connectivity index (χ1n) is 22.2. The molecule has 0 radical (unpaired) electrons. The van der Waals surface area contributed by atoms with Gasteiger partial charge in [0.05, 0.1) is 44.8 Å². The Morgan fingerprint density at radius 3 is 2.19 bits per heavy atom. The molecule has 3 aromatic heterocycles. The van der Waals surface area contributed by atoms with E-state index in [0.29, 0.717) is 21.4 Å². The number of hydrogen-bond donors (Lipinski definition) is 10. The van der Waals surface area contributed by atoms with Crippen LogP contribution in [-0.2, 0) is 69.0 Å². The molecule has 0 bridgehead atoms. The minimum Gasteiger partial charge on any atom is -0.455 e. The highest BCUT2D eigenvalue weighted by Crippen LogP contribution is 2.50. The number of rotatable bonds is 22. The molecule has 2 aliphatic rings. The van der Waals surface area contributed by atoms with Crippen LogP contribution in [-0.4, -0.2) is 152 Å². The van der Waals surface area contributed by atoms with E-state index in [1.165, 1.54) is 54.8 Å². The molecule has 406 valence electrons. The maximum absolute atomic E-state index is 14.1. The fraction of sp³-hybridized carbons (Fsp3) is 0.429. The Morgan fingerprint density at radius 1 is 0.880 bits per heavy atom. The molecule has 7 rings (SSSR count). The normalized spacial score (nSPS) is 23.1. The maximum atomic E-state index is 14.1. The van der Waals surface area contributed by atoms with E-state index < -0.39 is 120 Å². The molecule has 5 aromatic rings. The van der Waals surface area contributed by atoms with E-state index in [4.69, 9.17) is 44.2 Å². The van der Waals surface area contributed by atoms with Crippen molar-refractivity contribution < 1.29 is 95.2 Å². The molecule has 33 heteroatoms. The number of ether oxygens (including phenoxy) is 5. The molecular weight excluding hydrogens is 1050 g/mol. The van der Waals surface area contributed by atoms with Gasteiger partial charge < -0.3 is 75.8 Å². The van der Waals surface area contributed by atoms with Crippen molar-refractivity contribution in [1.29, 1.82) is 0 Å². The summed E-state index contributed by atoms with van der Waals surface area (Å²) in [5, 5.41) is 38.3. The monoisotopic (exact) mass is 1100 g/mol. The number of nitrogens with two attached hydrogens (primary N) is 2. The second-order valence-electron chi connectivity index (χ2n) is 17.4. The zero-order valence-electron chi connectivity index (χ0n) is 39.4. The van der Waals surface area contributed by atoms with E-state index in [-0.39, 0.29) is 48.3 Å². The van der Waals surface area contributed by atoms with Crippen LogP contribution in [0.15, 0.2) is 78.2 Å². The van der Waals surface area contributed by atoms with Crippen molar-refractivity contribution in [2.75, 3.05) is 43.2 Å². The van der Waals surface area contributed by atoms with Crippen LogP contribution in [0.1, 0.15) is 37.4 Å². The van der Waals surface area contributed by atoms with E-state index in [0.717, 1.165) is 24.9 Å². The van der Waals surface area contributed by atoms with Gasteiger partial charge in [0.15, 0.2) is 36.1 Å². The van der Waals surface area contributed by atoms with Crippen LogP contribution < -0.4 is 27.8 Å². The number of alkyl carbamates (subject to hydrolysis) is 1. The summed E-state index contributed by atoms with van der Waals surface area (Å²) in [5.74, 6) is -2.40. The maximum Gasteiger partial charge on any atom is 0.472 e. The third-order valence-corrected chi connectivity index (χ3v) is 12.4. The number of carbonyl (C=O) groups is 3. The average molecular weight is 1100 g/mol. The van der Waals surface area contributed by atoms with Crippen LogP contribution in [0, 0.1) is 5.82 Å². The summed E-state index contributed by atoms with van der Waals surface area (Å²) < 4.78 is 83.6. The predicted molar refractivity (Wildman–Crippen MR) is 250 cm³/mol. The number of anilines is 3. The zero-order chi connectivity index (χ0) is 54.4. The van der Waals surface area contributed by atoms with Gasteiger partial charge in [-0.1, -0.05) is 24.3 Å². The molecule has 2 unspecified atom stereocenters. The number of nitrogens with one attached hydrogen (secondary N) is 2. The number of phosphoric acid groups is 2. The zero-order valence-corrected chi connectivity index (χ0v) is 41.2. The van der Waals surface area contributed by atoms with E-state index in [1.54, 1.807) is 12.1 Å². The minimum atomic E-state index is -5.52. The Hall–Kier alpha value is -6.41. The third-order valence-electron chi connectivity index (χ3n) is 10.9. The predicted octanol–water partition coefficient (Wildman–Crippen LogP) is -0.310. The SMILES string of the molecule is CC(C)(O)COCC(NC(=O)OCc1ccc(NC(=O)Cc2ccc(F)cc2)cc1)C(=O)O[C@H]1[C@@H](O)[C@H](n2cnc3c(N)ncnc32)O[C@@H]1COP(=O)(O)O[C@H]1[C@@H](O)[C@H](n2ccc(N)nc2=O)O[C@@H]1COP(=O)(O)O. The summed E-state index contributed by atoms with van der Waals surface area (Å²) in [6.07, 6.45) is -12.6. The van der Waals surface area contributed by atoms with E-state index in [9.17, 15) is 62.7 Å². The van der Waals surface area contributed by atoms with E-state index in [2.05, 4.69) is 35.1 Å². The largest absolute Gasteiger partial charge is 0.472 e. The van der Waals surface area contributed by atoms with Crippen molar-refractivity contribution in [3.05, 3.63) is 101 Å². The quantitative estimate of drug-likeness (QED) is 0.0314. The number of nitrogen functional groups attached to an aromatic ring is 2. The number of esters is 1. The van der Waals surface area contributed by atoms with Gasteiger partial charge in [-0.25, -0.2) is 42.9 Å². The number of halogens is 1. The Morgan fingerprint density at radius 2 is 1.52 bits per heavy atom. The lowest BCUT2D eigenvalue weighted by Crippen LogP contribution is -2.49. The van der Waals surface area contributed by atoms with Gasteiger partial charge in [0.1, 0.15) is 60.6 Å². The number of amides is 2. The fourth-order valence-electron chi connectivity index (χ4n) is 7.46. The van der Waals surface area contributed by atoms with Gasteiger partial charge in [-0.05, 0) is 55.3 Å². The molecule has 2 aromatic carbocycles. The number of nitrogens with zero attached hydrogens (tertiary/aromatic N) is 6. The lowest BCUT2D eigenvalue weighted by Gasteiger charge is -2.26. The molecule has 2 saturated heterocycles. The Labute approximate surface area is 422 Å². The van der Waals surface area contributed by atoms with Gasteiger partial charge in [-0.15, -0.1) is 0 Å². The summed E-state index contributed by atoms with van der Waals surface area (Å²) in [5.41, 5.74) is 10.5. The van der Waals surface area contributed by atoms with Crippen LogP contribution >= 0.6 is 15.6 Å². The lowest BCUT2D eigenvalue weighted by atomic mass is 10.1. The minimum absolute atomic E-state index is 0.0154. The highest BCUT2D eigenvalue weighted by Gasteiger charge is 2.52. The first kappa shape index (κ1) is 56.3. The number of hydrogen-bond acceptors (Lipinski definition) is 23. The highest BCUT2D eigenvalue weighted by atomic mass is 31.2. The van der Waals surface area contributed by atoms with Gasteiger partial charge in [0, 0.05) is 11.9 Å². The molecule has 0 saturated carbocycles. The third kappa shape index (κ3) is 15.1. The first-order valence-corrected chi connectivity index (χ1v) is 25.2. The van der Waals surface area contributed by atoms with Crippen LogP contribution in [0.2, 0.25) is 0 Å². The fourth-order valence-corrected chi connectivity index (χ4v) is 8.77. The molecular formula is C42H51FN10O20P2. The molecule has 5 heterocycles. The van der Waals surface area contributed by atoms with Crippen molar-refractivity contribution in [1.82, 2.24) is 34.4 Å². The number of carbonyl (C=O) groups excluding carboxylic acids is 3. The molecule has 2 fully saturated rings. The Balaban J connectivity index is 1.06. The second kappa shape index (κ2) is 23.6. The number of aliphatic hydroxyl groups is 3. The summed E-state index contributed by atoms with van der Waals surface area (Å²) in [7, 11) is -10.7. The molecule has 10 atom stereocenters. The van der Waals surface area contributed by atoms with Crippen molar-refractivity contribution in [3.8, 4) is 0 Å². The van der Waals surface area contributed by atoms with Crippen LogP contribution in [0.25, 0.3) is 11.2 Å². The number of aliphatic hydroxyl groups excluding tert-OH is 2. The van der Waals surface area contributed by atoms with Crippen molar-refractivity contribution in [2.45, 2.75) is 87.6 Å². The molecule has 2 aliphatic heterocycles. The number of aromatic nitrogens is 6. The van der Waals surface area contributed by atoms with Crippen LogP contribution in [0.4, 0.5) is 26.5 Å². The first-order chi connectivity index (χ1) is 35.3. The number of benzene rings is 2. The molecule has 75 heavy (non-hydrogen) atoms. The lowest BCUT2D eigenvalue weighted by molar-refractivity contribution is -0.161. The topological polar surface area (TPSA) is 435 Å². The van der Waals surface area contributed by atoms with Crippen molar-refractivity contribution >= 4 is 62.1 Å². The standard InChI is InChI=1S/C42H51FN10O20P2/c1-42(2,60)18-66-15-25(50-41(59)67-14-22-5-9-24(10-6-22)49-29(54)13-21-3-7-23(43)8-4-21)39(57)72-33-26(70-38(31(33)55)53-20-48-30-35(45)46-19-47-36(30)53)17-69-75(64,65)73-34-27(16-68-74(61,62)63)71-37(32(34)56)52-12-11-28(44)51-40(52)58/h3-12,19-20,25-27,31-34,37-38,55-56,60H,13-18H2,1-2H3,(H,49,54)(H,50,59)(H,64,65)(H2,44,51,58)(H2,45,46,47)(H2,61,62,63)/t25?,26-,27-,31-,32-,33-,34-,37-,38-/m1/s1. The van der Waals surface area contributed by atoms with Crippen molar-refractivity contribution in [3.63, 3.8) is 0 Å².